The second-order valence-electron chi connectivity index (χ2n) is 5.21. The Labute approximate surface area is 122 Å². The van der Waals surface area contributed by atoms with Gasteiger partial charge in [-0.15, -0.1) is 0 Å². The van der Waals surface area contributed by atoms with Crippen LogP contribution in [-0.2, 0) is 6.54 Å². The molecule has 0 aliphatic heterocycles. The van der Waals surface area contributed by atoms with Crippen molar-refractivity contribution in [2.45, 2.75) is 39.5 Å². The smallest absolute Gasteiger partial charge is 0.387 e. The third-order valence-electron chi connectivity index (χ3n) is 2.16. The summed E-state index contributed by atoms with van der Waals surface area (Å²) in [7, 11) is 0. The molecule has 0 amide bonds. The van der Waals surface area contributed by atoms with Gasteiger partial charge in [-0.25, -0.2) is 4.99 Å². The Kier molecular flexibility index (Phi) is 5.56. The SMILES string of the molecule is CC(C)(C)NC(N)=NCc1cc(Cl)ccc1OC(F)F. The summed E-state index contributed by atoms with van der Waals surface area (Å²) in [5, 5.41) is 3.39. The van der Waals surface area contributed by atoms with Gasteiger partial charge in [0.1, 0.15) is 5.75 Å². The fourth-order valence-electron chi connectivity index (χ4n) is 1.48. The lowest BCUT2D eigenvalue weighted by atomic mass is 10.1. The average molecular weight is 306 g/mol. The minimum atomic E-state index is -2.90. The van der Waals surface area contributed by atoms with E-state index in [0.717, 1.165) is 0 Å². The van der Waals surface area contributed by atoms with Crippen LogP contribution in [0.15, 0.2) is 23.2 Å². The Morgan fingerprint density at radius 2 is 2.10 bits per heavy atom. The zero-order chi connectivity index (χ0) is 15.3. The normalized spacial score (nSPS) is 12.7. The fraction of sp³-hybridized carbons (Fsp3) is 0.462. The Bertz CT molecular complexity index is 487. The summed E-state index contributed by atoms with van der Waals surface area (Å²) < 4.78 is 29.0. The number of nitrogens with two attached hydrogens (primary N) is 1. The summed E-state index contributed by atoms with van der Waals surface area (Å²) in [6.07, 6.45) is 0. The van der Waals surface area contributed by atoms with E-state index in [4.69, 9.17) is 17.3 Å². The van der Waals surface area contributed by atoms with E-state index in [-0.39, 0.29) is 23.8 Å². The highest BCUT2D eigenvalue weighted by molar-refractivity contribution is 6.30. The first-order chi connectivity index (χ1) is 9.17. The first-order valence-electron chi connectivity index (χ1n) is 5.99. The van der Waals surface area contributed by atoms with Crippen molar-refractivity contribution in [1.82, 2.24) is 5.32 Å². The summed E-state index contributed by atoms with van der Waals surface area (Å²) in [6.45, 7) is 2.99. The molecule has 3 N–H and O–H groups in total. The average Bonchev–Trinajstić information content (AvgIpc) is 2.26. The zero-order valence-electron chi connectivity index (χ0n) is 11.6. The summed E-state index contributed by atoms with van der Waals surface area (Å²) in [6, 6.07) is 4.38. The van der Waals surface area contributed by atoms with Crippen LogP contribution in [0.5, 0.6) is 5.75 Å². The van der Waals surface area contributed by atoms with Gasteiger partial charge >= 0.3 is 6.61 Å². The van der Waals surface area contributed by atoms with Crippen molar-refractivity contribution in [2.75, 3.05) is 0 Å². The first-order valence-corrected chi connectivity index (χ1v) is 6.36. The minimum absolute atomic E-state index is 0.0386. The number of rotatable bonds is 4. The van der Waals surface area contributed by atoms with Gasteiger partial charge in [0.25, 0.3) is 0 Å². The van der Waals surface area contributed by atoms with Gasteiger partial charge in [0.2, 0.25) is 0 Å². The number of hydrogen-bond acceptors (Lipinski definition) is 2. The maximum atomic E-state index is 12.3. The number of alkyl halides is 2. The van der Waals surface area contributed by atoms with Crippen LogP contribution < -0.4 is 15.8 Å². The highest BCUT2D eigenvalue weighted by Crippen LogP contribution is 2.25. The van der Waals surface area contributed by atoms with E-state index < -0.39 is 6.61 Å². The molecule has 0 saturated carbocycles. The molecular formula is C13H18ClF2N3O. The maximum Gasteiger partial charge on any atom is 0.387 e. The Morgan fingerprint density at radius 1 is 1.45 bits per heavy atom. The molecule has 1 aromatic rings. The molecule has 0 atom stereocenters. The van der Waals surface area contributed by atoms with Gasteiger partial charge in [0.05, 0.1) is 6.54 Å². The van der Waals surface area contributed by atoms with E-state index in [1.165, 1.54) is 18.2 Å². The van der Waals surface area contributed by atoms with Crippen molar-refractivity contribution in [3.8, 4) is 5.75 Å². The molecule has 1 rings (SSSR count). The molecule has 0 saturated heterocycles. The third kappa shape index (κ3) is 6.06. The first kappa shape index (κ1) is 16.5. The fourth-order valence-corrected chi connectivity index (χ4v) is 1.67. The zero-order valence-corrected chi connectivity index (χ0v) is 12.3. The lowest BCUT2D eigenvalue weighted by Gasteiger charge is -2.21. The second kappa shape index (κ2) is 6.74. The van der Waals surface area contributed by atoms with Crippen molar-refractivity contribution in [3.05, 3.63) is 28.8 Å². The predicted molar refractivity (Wildman–Crippen MR) is 76.3 cm³/mol. The van der Waals surface area contributed by atoms with Gasteiger partial charge in [-0.2, -0.15) is 8.78 Å². The highest BCUT2D eigenvalue weighted by atomic mass is 35.5. The van der Waals surface area contributed by atoms with Crippen molar-refractivity contribution in [2.24, 2.45) is 10.7 Å². The van der Waals surface area contributed by atoms with E-state index >= 15 is 0 Å². The van der Waals surface area contributed by atoms with Crippen molar-refractivity contribution >= 4 is 17.6 Å². The quantitative estimate of drug-likeness (QED) is 0.663. The lowest BCUT2D eigenvalue weighted by Crippen LogP contribution is -2.44. The minimum Gasteiger partial charge on any atom is -0.434 e. The van der Waals surface area contributed by atoms with Gasteiger partial charge in [0.15, 0.2) is 5.96 Å². The van der Waals surface area contributed by atoms with Crippen molar-refractivity contribution in [1.29, 1.82) is 0 Å². The van der Waals surface area contributed by atoms with Crippen LogP contribution in [0.25, 0.3) is 0 Å². The van der Waals surface area contributed by atoms with Crippen LogP contribution >= 0.6 is 11.6 Å². The van der Waals surface area contributed by atoms with E-state index in [2.05, 4.69) is 15.0 Å². The van der Waals surface area contributed by atoms with Crippen LogP contribution in [0.4, 0.5) is 8.78 Å². The number of halogens is 3. The van der Waals surface area contributed by atoms with E-state index in [1.54, 1.807) is 0 Å². The summed E-state index contributed by atoms with van der Waals surface area (Å²) in [5.41, 5.74) is 5.92. The molecule has 0 heterocycles. The lowest BCUT2D eigenvalue weighted by molar-refractivity contribution is -0.0504. The molecule has 0 aliphatic carbocycles. The maximum absolute atomic E-state index is 12.3. The Hall–Kier alpha value is -1.56. The summed E-state index contributed by atoms with van der Waals surface area (Å²) in [5.74, 6) is 0.261. The van der Waals surface area contributed by atoms with Crippen LogP contribution in [0.3, 0.4) is 0 Å². The van der Waals surface area contributed by atoms with Crippen LogP contribution in [0.1, 0.15) is 26.3 Å². The second-order valence-corrected chi connectivity index (χ2v) is 5.64. The number of guanidine groups is 1. The van der Waals surface area contributed by atoms with Crippen molar-refractivity contribution in [3.63, 3.8) is 0 Å². The number of aliphatic imine (C=N–C) groups is 1. The molecule has 20 heavy (non-hydrogen) atoms. The van der Waals surface area contributed by atoms with Crippen LogP contribution in [0, 0.1) is 0 Å². The van der Waals surface area contributed by atoms with Crippen LogP contribution in [0.2, 0.25) is 5.02 Å². The molecule has 0 unspecified atom stereocenters. The number of ether oxygens (including phenoxy) is 1. The van der Waals surface area contributed by atoms with Gasteiger partial charge in [0, 0.05) is 16.1 Å². The molecule has 0 fully saturated rings. The molecule has 1 aromatic carbocycles. The highest BCUT2D eigenvalue weighted by Gasteiger charge is 2.12. The number of hydrogen-bond donors (Lipinski definition) is 2. The largest absolute Gasteiger partial charge is 0.434 e. The topological polar surface area (TPSA) is 59.6 Å². The molecule has 0 radical (unpaired) electrons. The van der Waals surface area contributed by atoms with Gasteiger partial charge in [-0.1, -0.05) is 11.6 Å². The number of nitrogens with one attached hydrogen (secondary N) is 1. The van der Waals surface area contributed by atoms with E-state index in [0.29, 0.717) is 10.6 Å². The predicted octanol–water partition coefficient (Wildman–Crippen LogP) is 3.14. The van der Waals surface area contributed by atoms with E-state index in [9.17, 15) is 8.78 Å². The van der Waals surface area contributed by atoms with E-state index in [1.807, 2.05) is 20.8 Å². The molecular weight excluding hydrogens is 288 g/mol. The van der Waals surface area contributed by atoms with Crippen LogP contribution in [-0.4, -0.2) is 18.1 Å². The Morgan fingerprint density at radius 3 is 2.65 bits per heavy atom. The molecule has 0 aromatic heterocycles. The molecule has 4 nitrogen and oxygen atoms in total. The Balaban J connectivity index is 2.85. The molecule has 7 heteroatoms. The molecule has 0 spiro atoms. The summed E-state index contributed by atoms with van der Waals surface area (Å²) >= 11 is 5.84. The molecule has 112 valence electrons. The monoisotopic (exact) mass is 305 g/mol. The third-order valence-corrected chi connectivity index (χ3v) is 2.40. The standard InChI is InChI=1S/C13H18ClF2N3O/c1-13(2,3)19-12(17)18-7-8-6-9(14)4-5-10(8)20-11(15)16/h4-6,11H,7H2,1-3H3,(H3,17,18,19). The molecule has 0 bridgehead atoms. The van der Waals surface area contributed by atoms with Gasteiger partial charge < -0.3 is 15.8 Å². The molecule has 0 aliphatic rings. The van der Waals surface area contributed by atoms with Crippen molar-refractivity contribution < 1.29 is 13.5 Å². The number of nitrogens with zero attached hydrogens (tertiary/aromatic N) is 1. The summed E-state index contributed by atoms with van der Waals surface area (Å²) in [4.78, 5) is 4.09. The number of benzene rings is 1. The van der Waals surface area contributed by atoms with Gasteiger partial charge in [-0.3, -0.25) is 0 Å². The van der Waals surface area contributed by atoms with Gasteiger partial charge in [-0.05, 0) is 39.0 Å².